The molecule has 0 spiro atoms. The number of benzene rings is 2. The molecule has 6 nitrogen and oxygen atoms in total. The average Bonchev–Trinajstić information content (AvgIpc) is 3.20. The van der Waals surface area contributed by atoms with E-state index >= 15 is 0 Å². The third-order valence-corrected chi connectivity index (χ3v) is 4.01. The quantitative estimate of drug-likeness (QED) is 0.518. The van der Waals surface area contributed by atoms with Crippen molar-refractivity contribution in [1.29, 1.82) is 0 Å². The van der Waals surface area contributed by atoms with Gasteiger partial charge in [0, 0.05) is 0 Å². The molecular formula is C19H15NO5. The highest BCUT2D eigenvalue weighted by atomic mass is 16.5. The predicted molar refractivity (Wildman–Crippen MR) is 91.8 cm³/mol. The van der Waals surface area contributed by atoms with E-state index in [1.807, 2.05) is 25.1 Å². The highest BCUT2D eigenvalue weighted by Crippen LogP contribution is 2.40. The molecule has 0 bridgehead atoms. The Morgan fingerprint density at radius 3 is 2.64 bits per heavy atom. The van der Waals surface area contributed by atoms with Crippen molar-refractivity contribution in [3.63, 3.8) is 0 Å². The first-order valence-corrected chi connectivity index (χ1v) is 7.67. The fourth-order valence-corrected chi connectivity index (χ4v) is 2.80. The zero-order valence-corrected chi connectivity index (χ0v) is 14.0. The molecule has 0 aliphatic rings. The molecule has 0 saturated carbocycles. The first-order chi connectivity index (χ1) is 12.1. The molecule has 0 fully saturated rings. The van der Waals surface area contributed by atoms with Gasteiger partial charge in [0.05, 0.1) is 25.2 Å². The number of hydrogen-bond donors (Lipinski definition) is 0. The Hall–Kier alpha value is -3.28. The van der Waals surface area contributed by atoms with Crippen molar-refractivity contribution < 1.29 is 23.1 Å². The second-order valence-corrected chi connectivity index (χ2v) is 5.66. The lowest BCUT2D eigenvalue weighted by Crippen LogP contribution is -2.00. The second kappa shape index (κ2) is 5.66. The maximum atomic E-state index is 11.7. The van der Waals surface area contributed by atoms with Gasteiger partial charge in [-0.2, -0.15) is 0 Å². The van der Waals surface area contributed by atoms with Crippen molar-refractivity contribution in [2.45, 2.75) is 6.92 Å². The number of carbonyl (C=O) groups is 1. The summed E-state index contributed by atoms with van der Waals surface area (Å²) >= 11 is 0. The van der Waals surface area contributed by atoms with Gasteiger partial charge in [0.1, 0.15) is 11.1 Å². The van der Waals surface area contributed by atoms with Gasteiger partial charge in [-0.25, -0.2) is 9.78 Å². The zero-order chi connectivity index (χ0) is 17.6. The van der Waals surface area contributed by atoms with E-state index in [0.717, 1.165) is 10.9 Å². The number of ether oxygens (including phenoxy) is 2. The van der Waals surface area contributed by atoms with Gasteiger partial charge in [0.25, 0.3) is 5.89 Å². The van der Waals surface area contributed by atoms with Gasteiger partial charge in [-0.15, -0.1) is 0 Å². The Morgan fingerprint density at radius 1 is 1.04 bits per heavy atom. The van der Waals surface area contributed by atoms with E-state index in [1.165, 1.54) is 7.11 Å². The third-order valence-electron chi connectivity index (χ3n) is 4.01. The molecule has 2 aromatic carbocycles. The topological polar surface area (TPSA) is 74.7 Å². The number of esters is 1. The SMILES string of the molecule is COC(=O)c1ccc2nc(-c3oc4ccc(C)cc4c3OC)oc2c1. The van der Waals surface area contributed by atoms with Crippen LogP contribution in [0.5, 0.6) is 5.75 Å². The van der Waals surface area contributed by atoms with E-state index in [-0.39, 0.29) is 0 Å². The minimum Gasteiger partial charge on any atom is -0.492 e. The van der Waals surface area contributed by atoms with E-state index in [4.69, 9.17) is 18.3 Å². The number of aryl methyl sites for hydroxylation is 1. The summed E-state index contributed by atoms with van der Waals surface area (Å²) in [4.78, 5) is 16.1. The molecule has 0 aliphatic heterocycles. The van der Waals surface area contributed by atoms with Crippen LogP contribution in [-0.4, -0.2) is 25.2 Å². The lowest BCUT2D eigenvalue weighted by Gasteiger charge is -1.98. The monoisotopic (exact) mass is 337 g/mol. The van der Waals surface area contributed by atoms with Crippen LogP contribution >= 0.6 is 0 Å². The van der Waals surface area contributed by atoms with Crippen LogP contribution in [0.2, 0.25) is 0 Å². The Kier molecular flexibility index (Phi) is 3.46. The van der Waals surface area contributed by atoms with Crippen LogP contribution < -0.4 is 4.74 Å². The number of methoxy groups -OCH3 is 2. The number of furan rings is 1. The molecule has 0 saturated heterocycles. The fourth-order valence-electron chi connectivity index (χ4n) is 2.80. The molecule has 2 heterocycles. The van der Waals surface area contributed by atoms with Crippen LogP contribution in [0.15, 0.2) is 45.2 Å². The maximum Gasteiger partial charge on any atom is 0.337 e. The predicted octanol–water partition coefficient (Wildman–Crippen LogP) is 4.34. The van der Waals surface area contributed by atoms with E-state index in [2.05, 4.69) is 4.98 Å². The number of nitrogens with zero attached hydrogens (tertiary/aromatic N) is 1. The van der Waals surface area contributed by atoms with Gasteiger partial charge >= 0.3 is 5.97 Å². The van der Waals surface area contributed by atoms with Gasteiger partial charge in [-0.05, 0) is 37.3 Å². The summed E-state index contributed by atoms with van der Waals surface area (Å²) in [5.41, 5.74) is 3.26. The highest BCUT2D eigenvalue weighted by Gasteiger charge is 2.22. The van der Waals surface area contributed by atoms with Crippen molar-refractivity contribution in [2.24, 2.45) is 0 Å². The molecule has 4 rings (SSSR count). The lowest BCUT2D eigenvalue weighted by molar-refractivity contribution is 0.0601. The smallest absolute Gasteiger partial charge is 0.337 e. The molecule has 0 atom stereocenters. The number of hydrogen-bond acceptors (Lipinski definition) is 6. The third kappa shape index (κ3) is 2.42. The molecular weight excluding hydrogens is 322 g/mol. The van der Waals surface area contributed by atoms with Gasteiger partial charge in [-0.3, -0.25) is 0 Å². The Labute approximate surface area is 143 Å². The first kappa shape index (κ1) is 15.3. The maximum absolute atomic E-state index is 11.7. The van der Waals surface area contributed by atoms with Crippen LogP contribution in [-0.2, 0) is 4.74 Å². The number of aromatic nitrogens is 1. The van der Waals surface area contributed by atoms with Crippen LogP contribution in [0, 0.1) is 6.92 Å². The van der Waals surface area contributed by atoms with E-state index in [1.54, 1.807) is 25.3 Å². The van der Waals surface area contributed by atoms with Gasteiger partial charge in [0.15, 0.2) is 11.3 Å². The van der Waals surface area contributed by atoms with Crippen molar-refractivity contribution in [3.8, 4) is 17.4 Å². The van der Waals surface area contributed by atoms with Crippen LogP contribution in [0.25, 0.3) is 33.7 Å². The van der Waals surface area contributed by atoms with Gasteiger partial charge in [0.2, 0.25) is 5.76 Å². The number of fused-ring (bicyclic) bond motifs is 2. The molecule has 0 N–H and O–H groups in total. The summed E-state index contributed by atoms with van der Waals surface area (Å²) in [5.74, 6) is 0.844. The number of rotatable bonds is 3. The largest absolute Gasteiger partial charge is 0.492 e. The molecule has 0 aliphatic carbocycles. The Balaban J connectivity index is 1.89. The fraction of sp³-hybridized carbons (Fsp3) is 0.158. The molecule has 0 unspecified atom stereocenters. The second-order valence-electron chi connectivity index (χ2n) is 5.66. The minimum atomic E-state index is -0.434. The van der Waals surface area contributed by atoms with Crippen LogP contribution in [0.4, 0.5) is 0 Å². The summed E-state index contributed by atoms with van der Waals surface area (Å²) in [6.07, 6.45) is 0. The Morgan fingerprint density at radius 2 is 1.88 bits per heavy atom. The van der Waals surface area contributed by atoms with Crippen molar-refractivity contribution in [3.05, 3.63) is 47.5 Å². The molecule has 0 amide bonds. The van der Waals surface area contributed by atoms with Crippen molar-refractivity contribution in [2.75, 3.05) is 14.2 Å². The number of carbonyl (C=O) groups excluding carboxylic acids is 1. The Bertz CT molecular complexity index is 1110. The normalized spacial score (nSPS) is 11.2. The van der Waals surface area contributed by atoms with Crippen molar-refractivity contribution >= 4 is 28.0 Å². The standard InChI is InChI=1S/C19H15NO5/c1-10-4-7-14-12(8-10)16(22-2)17(24-14)18-20-13-6-5-11(19(21)23-3)9-15(13)25-18/h4-9H,1-3H3. The van der Waals surface area contributed by atoms with Crippen LogP contribution in [0.3, 0.4) is 0 Å². The molecule has 6 heteroatoms. The number of oxazole rings is 1. The summed E-state index contributed by atoms with van der Waals surface area (Å²) in [7, 11) is 2.91. The molecule has 2 aromatic heterocycles. The van der Waals surface area contributed by atoms with E-state index in [0.29, 0.717) is 39.6 Å². The van der Waals surface area contributed by atoms with E-state index < -0.39 is 5.97 Å². The summed E-state index contributed by atoms with van der Waals surface area (Å²) in [6, 6.07) is 10.8. The van der Waals surface area contributed by atoms with E-state index in [9.17, 15) is 4.79 Å². The summed E-state index contributed by atoms with van der Waals surface area (Å²) in [5, 5.41) is 0.856. The minimum absolute atomic E-state index is 0.294. The summed E-state index contributed by atoms with van der Waals surface area (Å²) < 4.78 is 21.9. The average molecular weight is 337 g/mol. The molecule has 25 heavy (non-hydrogen) atoms. The first-order valence-electron chi connectivity index (χ1n) is 7.67. The zero-order valence-electron chi connectivity index (χ0n) is 14.0. The van der Waals surface area contributed by atoms with Crippen LogP contribution in [0.1, 0.15) is 15.9 Å². The van der Waals surface area contributed by atoms with Crippen molar-refractivity contribution in [1.82, 2.24) is 4.98 Å². The molecule has 0 radical (unpaired) electrons. The molecule has 126 valence electrons. The van der Waals surface area contributed by atoms with Gasteiger partial charge in [-0.1, -0.05) is 11.6 Å². The molecule has 4 aromatic rings. The summed E-state index contributed by atoms with van der Waals surface area (Å²) in [6.45, 7) is 2.00. The highest BCUT2D eigenvalue weighted by molar-refractivity contribution is 5.94. The van der Waals surface area contributed by atoms with Gasteiger partial charge < -0.3 is 18.3 Å². The lowest BCUT2D eigenvalue weighted by atomic mass is 10.1.